The molecule has 6 nitrogen and oxygen atoms in total. The maximum atomic E-state index is 12.4. The largest absolute Gasteiger partial charge is 0.460 e. The summed E-state index contributed by atoms with van der Waals surface area (Å²) in [5.74, 6) is -1.15. The summed E-state index contributed by atoms with van der Waals surface area (Å²) in [6.45, 7) is 3.40. The molecule has 0 spiro atoms. The van der Waals surface area contributed by atoms with Crippen molar-refractivity contribution in [2.24, 2.45) is 0 Å². The average molecular weight is 359 g/mol. The zero-order valence-electron chi connectivity index (χ0n) is 13.9. The number of hydrogen-bond donors (Lipinski definition) is 0. The molecule has 0 saturated carbocycles. The molecule has 130 valence electrons. The number of amides is 1. The molecule has 0 fully saturated rings. The fraction of sp³-hybridized carbons (Fsp3) is 0.222. The smallest absolute Gasteiger partial charge is 0.338 e. The molecule has 0 aliphatic carbocycles. The molecule has 2 aromatic rings. The van der Waals surface area contributed by atoms with Crippen LogP contribution in [0.25, 0.3) is 0 Å². The van der Waals surface area contributed by atoms with Gasteiger partial charge < -0.3 is 4.74 Å². The number of esters is 1. The molecule has 1 heterocycles. The van der Waals surface area contributed by atoms with E-state index in [1.54, 1.807) is 24.3 Å². The summed E-state index contributed by atoms with van der Waals surface area (Å²) in [7, 11) is -3.88. The van der Waals surface area contributed by atoms with Crippen LogP contribution in [-0.2, 0) is 14.8 Å². The Balaban J connectivity index is 1.68. The molecule has 0 atom stereocenters. The van der Waals surface area contributed by atoms with Gasteiger partial charge in [-0.05, 0) is 49.2 Å². The van der Waals surface area contributed by atoms with E-state index >= 15 is 0 Å². The molecule has 1 aliphatic rings. The molecule has 0 unspecified atom stereocenters. The number of ether oxygens (including phenoxy) is 1. The summed E-state index contributed by atoms with van der Waals surface area (Å²) >= 11 is 0. The van der Waals surface area contributed by atoms with E-state index in [4.69, 9.17) is 4.74 Å². The number of rotatable bonds is 4. The molecule has 0 radical (unpaired) electrons. The second kappa shape index (κ2) is 6.33. The van der Waals surface area contributed by atoms with Crippen molar-refractivity contribution in [1.29, 1.82) is 0 Å². The molecule has 1 amide bonds. The first kappa shape index (κ1) is 17.2. The summed E-state index contributed by atoms with van der Waals surface area (Å²) in [5.41, 5.74) is 2.55. The lowest BCUT2D eigenvalue weighted by atomic mass is 10.1. The van der Waals surface area contributed by atoms with Gasteiger partial charge in [0, 0.05) is 0 Å². The van der Waals surface area contributed by atoms with Gasteiger partial charge in [0.15, 0.2) is 0 Å². The molecule has 3 rings (SSSR count). The standard InChI is InChI=1S/C18H17NO5S/c1-12-7-8-14(11-13(12)2)18(21)24-10-9-19-17(20)15-5-3-4-6-16(15)25(19,22)23/h3-8,11H,9-10H2,1-2H3. The predicted molar refractivity (Wildman–Crippen MR) is 90.9 cm³/mol. The van der Waals surface area contributed by atoms with E-state index in [1.165, 1.54) is 12.1 Å². The van der Waals surface area contributed by atoms with E-state index in [9.17, 15) is 18.0 Å². The number of nitrogens with zero attached hydrogens (tertiary/aromatic N) is 1. The predicted octanol–water partition coefficient (Wildman–Crippen LogP) is 2.30. The monoisotopic (exact) mass is 359 g/mol. The first-order chi connectivity index (χ1) is 11.8. The van der Waals surface area contributed by atoms with Crippen LogP contribution in [-0.4, -0.2) is 37.8 Å². The molecule has 2 aromatic carbocycles. The molecule has 7 heteroatoms. The minimum Gasteiger partial charge on any atom is -0.460 e. The Morgan fingerprint density at radius 3 is 2.48 bits per heavy atom. The Hall–Kier alpha value is -2.67. The van der Waals surface area contributed by atoms with E-state index < -0.39 is 21.9 Å². The van der Waals surface area contributed by atoms with E-state index in [0.29, 0.717) is 5.56 Å². The van der Waals surface area contributed by atoms with Crippen molar-refractivity contribution in [3.05, 3.63) is 64.7 Å². The van der Waals surface area contributed by atoms with Gasteiger partial charge in [0.2, 0.25) is 0 Å². The minimum atomic E-state index is -3.88. The fourth-order valence-electron chi connectivity index (χ4n) is 2.63. The van der Waals surface area contributed by atoms with Crippen molar-refractivity contribution >= 4 is 21.9 Å². The van der Waals surface area contributed by atoms with Gasteiger partial charge in [-0.3, -0.25) is 4.79 Å². The van der Waals surface area contributed by atoms with Crippen LogP contribution in [0.5, 0.6) is 0 Å². The number of hydrogen-bond acceptors (Lipinski definition) is 5. The Labute approximate surface area is 146 Å². The maximum Gasteiger partial charge on any atom is 0.338 e. The summed E-state index contributed by atoms with van der Waals surface area (Å²) in [4.78, 5) is 24.3. The molecule has 0 aromatic heterocycles. The van der Waals surface area contributed by atoms with Crippen LogP contribution in [0.4, 0.5) is 0 Å². The highest BCUT2D eigenvalue weighted by molar-refractivity contribution is 7.90. The van der Waals surface area contributed by atoms with E-state index in [0.717, 1.165) is 15.4 Å². The lowest BCUT2D eigenvalue weighted by molar-refractivity contribution is 0.0477. The van der Waals surface area contributed by atoms with Crippen LogP contribution in [0.3, 0.4) is 0 Å². The quantitative estimate of drug-likeness (QED) is 0.783. The van der Waals surface area contributed by atoms with Gasteiger partial charge in [-0.25, -0.2) is 17.5 Å². The number of fused-ring (bicyclic) bond motifs is 1. The van der Waals surface area contributed by atoms with Crippen molar-refractivity contribution in [3.8, 4) is 0 Å². The molecule has 25 heavy (non-hydrogen) atoms. The van der Waals surface area contributed by atoms with Gasteiger partial charge >= 0.3 is 5.97 Å². The number of aryl methyl sites for hydroxylation is 2. The van der Waals surface area contributed by atoms with Gasteiger partial charge in [0.05, 0.1) is 17.7 Å². The van der Waals surface area contributed by atoms with Crippen LogP contribution in [0.2, 0.25) is 0 Å². The number of carbonyl (C=O) groups excluding carboxylic acids is 2. The van der Waals surface area contributed by atoms with Gasteiger partial charge in [-0.1, -0.05) is 18.2 Å². The van der Waals surface area contributed by atoms with E-state index in [-0.39, 0.29) is 23.6 Å². The van der Waals surface area contributed by atoms with Crippen molar-refractivity contribution in [1.82, 2.24) is 4.31 Å². The molecular formula is C18H17NO5S. The molecular weight excluding hydrogens is 342 g/mol. The topological polar surface area (TPSA) is 80.8 Å². The third-order valence-electron chi connectivity index (χ3n) is 4.18. The summed E-state index contributed by atoms with van der Waals surface area (Å²) in [6, 6.07) is 11.2. The average Bonchev–Trinajstić information content (AvgIpc) is 2.78. The van der Waals surface area contributed by atoms with Gasteiger partial charge in [-0.2, -0.15) is 0 Å². The molecule has 0 bridgehead atoms. The zero-order valence-corrected chi connectivity index (χ0v) is 14.7. The Kier molecular flexibility index (Phi) is 4.34. The summed E-state index contributed by atoms with van der Waals surface area (Å²) < 4.78 is 30.6. The number of benzene rings is 2. The number of sulfonamides is 1. The van der Waals surface area contributed by atoms with Crippen molar-refractivity contribution in [2.75, 3.05) is 13.2 Å². The zero-order chi connectivity index (χ0) is 18.2. The van der Waals surface area contributed by atoms with Crippen LogP contribution in [0.1, 0.15) is 31.8 Å². The van der Waals surface area contributed by atoms with Crippen molar-refractivity contribution in [3.63, 3.8) is 0 Å². The Morgan fingerprint density at radius 1 is 1.08 bits per heavy atom. The molecule has 1 aliphatic heterocycles. The molecule has 0 N–H and O–H groups in total. The lowest BCUT2D eigenvalue weighted by Crippen LogP contribution is -2.33. The third-order valence-corrected chi connectivity index (χ3v) is 6.02. The van der Waals surface area contributed by atoms with Crippen LogP contribution < -0.4 is 0 Å². The highest BCUT2D eigenvalue weighted by atomic mass is 32.2. The third kappa shape index (κ3) is 3.02. The second-order valence-corrected chi connectivity index (χ2v) is 7.64. The minimum absolute atomic E-state index is 0.0134. The SMILES string of the molecule is Cc1ccc(C(=O)OCCN2C(=O)c3ccccc3S2(=O)=O)cc1C. The Bertz CT molecular complexity index is 965. The van der Waals surface area contributed by atoms with E-state index in [1.807, 2.05) is 19.9 Å². The van der Waals surface area contributed by atoms with Gasteiger partial charge in [-0.15, -0.1) is 0 Å². The number of carbonyl (C=O) groups is 2. The van der Waals surface area contributed by atoms with Gasteiger partial charge in [0.1, 0.15) is 11.5 Å². The van der Waals surface area contributed by atoms with Crippen molar-refractivity contribution < 1.29 is 22.7 Å². The first-order valence-electron chi connectivity index (χ1n) is 7.73. The fourth-order valence-corrected chi connectivity index (χ4v) is 4.18. The van der Waals surface area contributed by atoms with Crippen LogP contribution in [0.15, 0.2) is 47.4 Å². The normalized spacial score (nSPS) is 15.1. The van der Waals surface area contributed by atoms with Crippen LogP contribution in [0, 0.1) is 13.8 Å². The lowest BCUT2D eigenvalue weighted by Gasteiger charge is -2.15. The Morgan fingerprint density at radius 2 is 1.80 bits per heavy atom. The summed E-state index contributed by atoms with van der Waals surface area (Å²) in [6.07, 6.45) is 0. The second-order valence-electron chi connectivity index (χ2n) is 5.81. The highest BCUT2D eigenvalue weighted by Gasteiger charge is 2.40. The van der Waals surface area contributed by atoms with Crippen LogP contribution >= 0.6 is 0 Å². The van der Waals surface area contributed by atoms with Gasteiger partial charge in [0.25, 0.3) is 15.9 Å². The molecule has 0 saturated heterocycles. The van der Waals surface area contributed by atoms with E-state index in [2.05, 4.69) is 0 Å². The highest BCUT2D eigenvalue weighted by Crippen LogP contribution is 2.29. The summed E-state index contributed by atoms with van der Waals surface area (Å²) in [5, 5.41) is 0. The maximum absolute atomic E-state index is 12.4. The van der Waals surface area contributed by atoms with Crippen molar-refractivity contribution in [2.45, 2.75) is 18.7 Å². The first-order valence-corrected chi connectivity index (χ1v) is 9.17.